The number of nitrogens with one attached hydrogen (secondary N) is 1. The van der Waals surface area contributed by atoms with Crippen LogP contribution in [-0.2, 0) is 11.8 Å². The van der Waals surface area contributed by atoms with Crippen molar-refractivity contribution in [3.8, 4) is 11.6 Å². The molecule has 0 bridgehead atoms. The highest BCUT2D eigenvalue weighted by Gasteiger charge is 2.16. The van der Waals surface area contributed by atoms with Gasteiger partial charge in [0.15, 0.2) is 16.7 Å². The molecule has 1 N–H and O–H groups in total. The first-order chi connectivity index (χ1) is 13.6. The van der Waals surface area contributed by atoms with E-state index in [0.29, 0.717) is 16.7 Å². The highest BCUT2D eigenvalue weighted by Crippen LogP contribution is 2.23. The van der Waals surface area contributed by atoms with Crippen molar-refractivity contribution in [1.82, 2.24) is 20.1 Å². The molecule has 6 nitrogen and oxygen atoms in total. The van der Waals surface area contributed by atoms with Crippen molar-refractivity contribution >= 4 is 28.4 Å². The molecule has 0 radical (unpaired) electrons. The molecule has 28 heavy (non-hydrogen) atoms. The molecular weight excluding hydrogens is 372 g/mol. The van der Waals surface area contributed by atoms with E-state index in [1.165, 1.54) is 22.5 Å². The number of thioether (sulfide) groups is 1. The summed E-state index contributed by atoms with van der Waals surface area (Å²) in [6.45, 7) is 1.99. The average Bonchev–Trinajstić information content (AvgIpc) is 3.35. The van der Waals surface area contributed by atoms with Gasteiger partial charge in [0.1, 0.15) is 0 Å². The Hall–Kier alpha value is -3.06. The summed E-state index contributed by atoms with van der Waals surface area (Å²) < 4.78 is 7.18. The van der Waals surface area contributed by atoms with Crippen molar-refractivity contribution in [3.05, 3.63) is 66.4 Å². The second kappa shape index (κ2) is 7.90. The summed E-state index contributed by atoms with van der Waals surface area (Å²) in [5.74, 6) is 1.50. The molecule has 2 heterocycles. The largest absolute Gasteiger partial charge is 0.461 e. The smallest absolute Gasteiger partial charge is 0.230 e. The highest BCUT2D eigenvalue weighted by molar-refractivity contribution is 7.99. The maximum atomic E-state index is 12.4. The number of aromatic nitrogens is 3. The van der Waals surface area contributed by atoms with E-state index in [0.717, 1.165) is 5.56 Å². The van der Waals surface area contributed by atoms with Crippen LogP contribution in [0.25, 0.3) is 22.4 Å². The fraction of sp³-hybridized carbons (Fsp3) is 0.190. The number of hydrogen-bond acceptors (Lipinski definition) is 5. The van der Waals surface area contributed by atoms with Crippen molar-refractivity contribution in [2.75, 3.05) is 5.75 Å². The van der Waals surface area contributed by atoms with E-state index in [9.17, 15) is 4.79 Å². The summed E-state index contributed by atoms with van der Waals surface area (Å²) in [6.07, 6.45) is 1.60. The molecule has 4 rings (SSSR count). The maximum Gasteiger partial charge on any atom is 0.230 e. The SMILES string of the molecule is CC(NC(=O)CSc1nnc(-c2ccco2)n1C)c1ccc2ccccc2c1. The lowest BCUT2D eigenvalue weighted by molar-refractivity contribution is -0.119. The van der Waals surface area contributed by atoms with Gasteiger partial charge in [-0.05, 0) is 41.5 Å². The summed E-state index contributed by atoms with van der Waals surface area (Å²) >= 11 is 1.35. The normalized spacial score (nSPS) is 12.2. The van der Waals surface area contributed by atoms with Crippen molar-refractivity contribution in [2.45, 2.75) is 18.1 Å². The Morgan fingerprint density at radius 3 is 2.75 bits per heavy atom. The zero-order valence-corrected chi connectivity index (χ0v) is 16.4. The minimum Gasteiger partial charge on any atom is -0.461 e. The molecule has 0 saturated carbocycles. The Kier molecular flexibility index (Phi) is 5.16. The molecule has 0 aliphatic carbocycles. The predicted molar refractivity (Wildman–Crippen MR) is 110 cm³/mol. The van der Waals surface area contributed by atoms with Gasteiger partial charge in [0.25, 0.3) is 0 Å². The van der Waals surface area contributed by atoms with Crippen LogP contribution in [0.3, 0.4) is 0 Å². The third kappa shape index (κ3) is 3.80. The summed E-state index contributed by atoms with van der Waals surface area (Å²) in [6, 6.07) is 18.0. The first-order valence-electron chi connectivity index (χ1n) is 8.96. The molecule has 2 aromatic heterocycles. The molecule has 4 aromatic rings. The molecule has 7 heteroatoms. The molecule has 142 valence electrons. The number of hydrogen-bond donors (Lipinski definition) is 1. The van der Waals surface area contributed by atoms with Gasteiger partial charge >= 0.3 is 0 Å². The molecule has 0 aliphatic heterocycles. The first kappa shape index (κ1) is 18.3. The number of carbonyl (C=O) groups is 1. The number of nitrogens with zero attached hydrogens (tertiary/aromatic N) is 3. The topological polar surface area (TPSA) is 73.0 Å². The van der Waals surface area contributed by atoms with Gasteiger partial charge in [-0.2, -0.15) is 0 Å². The van der Waals surface area contributed by atoms with Crippen LogP contribution in [0, 0.1) is 0 Å². The lowest BCUT2D eigenvalue weighted by Crippen LogP contribution is -2.28. The molecule has 0 aliphatic rings. The number of benzene rings is 2. The van der Waals surface area contributed by atoms with Gasteiger partial charge in [0.2, 0.25) is 5.91 Å². The van der Waals surface area contributed by atoms with E-state index in [2.05, 4.69) is 45.8 Å². The van der Waals surface area contributed by atoms with Crippen LogP contribution >= 0.6 is 11.8 Å². The Balaban J connectivity index is 1.37. The van der Waals surface area contributed by atoms with E-state index in [1.807, 2.05) is 36.7 Å². The number of amides is 1. The quantitative estimate of drug-likeness (QED) is 0.498. The van der Waals surface area contributed by atoms with Gasteiger partial charge in [0, 0.05) is 7.05 Å². The second-order valence-corrected chi connectivity index (χ2v) is 7.47. The Morgan fingerprint density at radius 2 is 1.96 bits per heavy atom. The standard InChI is InChI=1S/C21H20N4O2S/c1-14(16-10-9-15-6-3-4-7-17(15)12-16)22-19(26)13-28-21-24-23-20(25(21)2)18-8-5-11-27-18/h3-12,14H,13H2,1-2H3,(H,22,26). The van der Waals surface area contributed by atoms with Crippen LogP contribution < -0.4 is 5.32 Å². The number of fused-ring (bicyclic) bond motifs is 1. The molecule has 0 saturated heterocycles. The van der Waals surface area contributed by atoms with Crippen molar-refractivity contribution in [3.63, 3.8) is 0 Å². The van der Waals surface area contributed by atoms with Gasteiger partial charge in [-0.1, -0.05) is 48.2 Å². The number of rotatable bonds is 6. The zero-order valence-electron chi connectivity index (χ0n) is 15.6. The molecule has 1 atom stereocenters. The van der Waals surface area contributed by atoms with Crippen LogP contribution in [0.5, 0.6) is 0 Å². The zero-order chi connectivity index (χ0) is 19.5. The van der Waals surface area contributed by atoms with Crippen LogP contribution in [0.15, 0.2) is 70.4 Å². The Bertz CT molecular complexity index is 1100. The maximum absolute atomic E-state index is 12.4. The Labute approximate surface area is 167 Å². The van der Waals surface area contributed by atoms with Crippen molar-refractivity contribution in [2.24, 2.45) is 7.05 Å². The minimum atomic E-state index is -0.0733. The van der Waals surface area contributed by atoms with E-state index < -0.39 is 0 Å². The van der Waals surface area contributed by atoms with Crippen LogP contribution in [-0.4, -0.2) is 26.4 Å². The van der Waals surface area contributed by atoms with E-state index in [1.54, 1.807) is 12.3 Å². The third-order valence-corrected chi connectivity index (χ3v) is 5.58. The van der Waals surface area contributed by atoms with Gasteiger partial charge in [-0.15, -0.1) is 10.2 Å². The third-order valence-electron chi connectivity index (χ3n) is 4.56. The van der Waals surface area contributed by atoms with Crippen LogP contribution in [0.2, 0.25) is 0 Å². The summed E-state index contributed by atoms with van der Waals surface area (Å²) in [7, 11) is 1.86. The van der Waals surface area contributed by atoms with Crippen LogP contribution in [0.4, 0.5) is 0 Å². The Morgan fingerprint density at radius 1 is 1.14 bits per heavy atom. The predicted octanol–water partition coefficient (Wildman–Crippen LogP) is 4.20. The van der Waals surface area contributed by atoms with E-state index in [-0.39, 0.29) is 17.7 Å². The molecule has 1 unspecified atom stereocenters. The fourth-order valence-electron chi connectivity index (χ4n) is 3.03. The van der Waals surface area contributed by atoms with Gasteiger partial charge in [-0.25, -0.2) is 0 Å². The molecule has 0 spiro atoms. The summed E-state index contributed by atoms with van der Waals surface area (Å²) in [4.78, 5) is 12.4. The average molecular weight is 392 g/mol. The molecule has 0 fully saturated rings. The van der Waals surface area contributed by atoms with E-state index in [4.69, 9.17) is 4.42 Å². The van der Waals surface area contributed by atoms with Gasteiger partial charge < -0.3 is 14.3 Å². The van der Waals surface area contributed by atoms with Crippen molar-refractivity contribution in [1.29, 1.82) is 0 Å². The molecule has 1 amide bonds. The molecule has 2 aromatic carbocycles. The second-order valence-electron chi connectivity index (χ2n) is 6.53. The lowest BCUT2D eigenvalue weighted by atomic mass is 10.0. The van der Waals surface area contributed by atoms with Crippen molar-refractivity contribution < 1.29 is 9.21 Å². The van der Waals surface area contributed by atoms with E-state index >= 15 is 0 Å². The summed E-state index contributed by atoms with van der Waals surface area (Å²) in [5.41, 5.74) is 1.08. The first-order valence-corrected chi connectivity index (χ1v) is 9.94. The van der Waals surface area contributed by atoms with Gasteiger partial charge in [-0.3, -0.25) is 4.79 Å². The highest BCUT2D eigenvalue weighted by atomic mass is 32.2. The van der Waals surface area contributed by atoms with Gasteiger partial charge in [0.05, 0.1) is 18.1 Å². The summed E-state index contributed by atoms with van der Waals surface area (Å²) in [5, 5.41) is 14.4. The lowest BCUT2D eigenvalue weighted by Gasteiger charge is -2.15. The number of furan rings is 1. The fourth-order valence-corrected chi connectivity index (χ4v) is 3.76. The monoisotopic (exact) mass is 392 g/mol. The number of carbonyl (C=O) groups excluding carboxylic acids is 1. The van der Waals surface area contributed by atoms with Crippen LogP contribution in [0.1, 0.15) is 18.5 Å². The molecular formula is C21H20N4O2S. The minimum absolute atomic E-state index is 0.0480.